The van der Waals surface area contributed by atoms with Crippen LogP contribution in [0.15, 0.2) is 36.4 Å². The molecular weight excluding hydrogens is 457 g/mol. The average Bonchev–Trinajstić information content (AvgIpc) is 3.21. The predicted octanol–water partition coefficient (Wildman–Crippen LogP) is 5.38. The van der Waals surface area contributed by atoms with Gasteiger partial charge in [0.05, 0.1) is 14.2 Å². The van der Waals surface area contributed by atoms with E-state index in [9.17, 15) is 4.79 Å². The highest BCUT2D eigenvalue weighted by molar-refractivity contribution is 7.22. The number of hydrogen-bond donors (Lipinski definition) is 0. The number of ether oxygens (including phenoxy) is 2. The highest BCUT2D eigenvalue weighted by Crippen LogP contribution is 2.40. The van der Waals surface area contributed by atoms with Crippen LogP contribution in [0.3, 0.4) is 0 Å². The topological polar surface area (TPSA) is 54.9 Å². The molecule has 0 aliphatic rings. The summed E-state index contributed by atoms with van der Waals surface area (Å²) in [5, 5.41) is 1.20. The van der Waals surface area contributed by atoms with Gasteiger partial charge in [0.25, 0.3) is 5.91 Å². The first kappa shape index (κ1) is 25.2. The van der Waals surface area contributed by atoms with Crippen molar-refractivity contribution in [3.8, 4) is 11.5 Å². The van der Waals surface area contributed by atoms with Gasteiger partial charge in [0.1, 0.15) is 21.7 Å². The van der Waals surface area contributed by atoms with E-state index < -0.39 is 0 Å². The zero-order chi connectivity index (χ0) is 21.7. The Balaban J connectivity index is 0.00000341. The van der Waals surface area contributed by atoms with E-state index in [1.54, 1.807) is 43.4 Å². The number of anilines is 1. The molecule has 0 atom stereocenters. The van der Waals surface area contributed by atoms with Gasteiger partial charge in [-0.15, -0.1) is 12.4 Å². The number of aromatic nitrogens is 1. The summed E-state index contributed by atoms with van der Waals surface area (Å²) in [5.74, 6) is 1.24. The summed E-state index contributed by atoms with van der Waals surface area (Å²) < 4.78 is 11.8. The summed E-state index contributed by atoms with van der Waals surface area (Å²) in [6.07, 6.45) is 0. The lowest BCUT2D eigenvalue weighted by Gasteiger charge is -2.24. The number of thiazole rings is 1. The van der Waals surface area contributed by atoms with Crippen molar-refractivity contribution < 1.29 is 14.3 Å². The van der Waals surface area contributed by atoms with Gasteiger partial charge in [-0.1, -0.05) is 36.8 Å². The minimum Gasteiger partial charge on any atom is -0.495 e. The van der Waals surface area contributed by atoms with Crippen LogP contribution in [-0.2, 0) is 0 Å². The molecule has 1 heterocycles. The van der Waals surface area contributed by atoms with Crippen molar-refractivity contribution in [3.63, 3.8) is 0 Å². The fraction of sp³-hybridized carbons (Fsp3) is 0.364. The van der Waals surface area contributed by atoms with Gasteiger partial charge < -0.3 is 14.4 Å². The van der Waals surface area contributed by atoms with E-state index in [0.29, 0.717) is 39.3 Å². The fourth-order valence-corrected chi connectivity index (χ4v) is 4.43. The number of carbonyl (C=O) groups is 1. The van der Waals surface area contributed by atoms with Gasteiger partial charge >= 0.3 is 0 Å². The van der Waals surface area contributed by atoms with Crippen LogP contribution in [0, 0.1) is 0 Å². The molecule has 0 saturated heterocycles. The molecule has 0 spiro atoms. The fourth-order valence-electron chi connectivity index (χ4n) is 3.20. The van der Waals surface area contributed by atoms with E-state index in [-0.39, 0.29) is 18.3 Å². The maximum absolute atomic E-state index is 13.4. The third-order valence-electron chi connectivity index (χ3n) is 5.00. The Kier molecular flexibility index (Phi) is 9.37. The summed E-state index contributed by atoms with van der Waals surface area (Å²) in [6, 6.07) is 10.6. The minimum atomic E-state index is -0.115. The van der Waals surface area contributed by atoms with Crippen molar-refractivity contribution in [1.82, 2.24) is 9.88 Å². The van der Waals surface area contributed by atoms with E-state index in [1.807, 2.05) is 12.1 Å². The lowest BCUT2D eigenvalue weighted by molar-refractivity contribution is 0.0984. The standard InChI is InChI=1S/C22H26ClN3O3S.ClH/c1-5-25(6-2)13-14-26(21(27)15-7-9-16(23)10-8-15)22-24-19-17(28-3)11-12-18(29-4)20(19)30-22;/h7-12H,5-6,13-14H2,1-4H3;1H. The number of nitrogens with zero attached hydrogens (tertiary/aromatic N) is 3. The van der Waals surface area contributed by atoms with Gasteiger partial charge in [-0.2, -0.15) is 0 Å². The molecule has 0 N–H and O–H groups in total. The molecule has 0 fully saturated rings. The van der Waals surface area contributed by atoms with Crippen LogP contribution in [0.5, 0.6) is 11.5 Å². The Morgan fingerprint density at radius 1 is 1.00 bits per heavy atom. The molecule has 0 saturated carbocycles. The summed E-state index contributed by atoms with van der Waals surface area (Å²) >= 11 is 7.43. The number of rotatable bonds is 9. The quantitative estimate of drug-likeness (QED) is 0.408. The Bertz CT molecular complexity index is 966. The molecule has 1 amide bonds. The van der Waals surface area contributed by atoms with Crippen LogP contribution in [0.2, 0.25) is 5.02 Å². The van der Waals surface area contributed by atoms with Crippen LogP contribution < -0.4 is 14.4 Å². The summed E-state index contributed by atoms with van der Waals surface area (Å²) in [4.78, 5) is 22.2. The third-order valence-corrected chi connectivity index (χ3v) is 6.35. The van der Waals surface area contributed by atoms with E-state index in [1.165, 1.54) is 11.3 Å². The second-order valence-electron chi connectivity index (χ2n) is 6.63. The maximum atomic E-state index is 13.4. The monoisotopic (exact) mass is 483 g/mol. The molecule has 3 aromatic rings. The highest BCUT2D eigenvalue weighted by Gasteiger charge is 2.24. The predicted molar refractivity (Wildman–Crippen MR) is 131 cm³/mol. The van der Waals surface area contributed by atoms with Crippen LogP contribution in [0.4, 0.5) is 5.13 Å². The molecule has 3 rings (SSSR count). The number of halogens is 2. The molecule has 0 unspecified atom stereocenters. The van der Waals surface area contributed by atoms with Gasteiger partial charge in [0.15, 0.2) is 5.13 Å². The van der Waals surface area contributed by atoms with Crippen LogP contribution >= 0.6 is 35.3 Å². The Labute approximate surface area is 198 Å². The maximum Gasteiger partial charge on any atom is 0.260 e. The number of carbonyl (C=O) groups excluding carboxylic acids is 1. The van der Waals surface area contributed by atoms with Gasteiger partial charge in [-0.25, -0.2) is 4.98 Å². The van der Waals surface area contributed by atoms with Crippen LogP contribution in [0.1, 0.15) is 24.2 Å². The lowest BCUT2D eigenvalue weighted by Crippen LogP contribution is -2.38. The Hall–Kier alpha value is -2.06. The molecule has 0 bridgehead atoms. The molecule has 2 aromatic carbocycles. The van der Waals surface area contributed by atoms with E-state index in [2.05, 4.69) is 18.7 Å². The number of hydrogen-bond acceptors (Lipinski definition) is 6. The van der Waals surface area contributed by atoms with Crippen molar-refractivity contribution >= 4 is 56.6 Å². The molecular formula is C22H27Cl2N3O3S. The molecule has 0 aliphatic carbocycles. The molecule has 0 aliphatic heterocycles. The molecule has 0 radical (unpaired) electrons. The van der Waals surface area contributed by atoms with Crippen molar-refractivity contribution in [2.75, 3.05) is 45.3 Å². The van der Waals surface area contributed by atoms with Crippen molar-refractivity contribution in [2.45, 2.75) is 13.8 Å². The Morgan fingerprint density at radius 2 is 1.61 bits per heavy atom. The smallest absolute Gasteiger partial charge is 0.260 e. The van der Waals surface area contributed by atoms with E-state index in [4.69, 9.17) is 26.1 Å². The number of amides is 1. The van der Waals surface area contributed by atoms with E-state index in [0.717, 1.165) is 24.3 Å². The summed E-state index contributed by atoms with van der Waals surface area (Å²) in [6.45, 7) is 7.33. The second kappa shape index (κ2) is 11.5. The second-order valence-corrected chi connectivity index (χ2v) is 8.05. The molecule has 9 heteroatoms. The average molecular weight is 484 g/mol. The number of methoxy groups -OCH3 is 2. The minimum absolute atomic E-state index is 0. The van der Waals surface area contributed by atoms with Crippen molar-refractivity contribution in [3.05, 3.63) is 47.0 Å². The first-order valence-electron chi connectivity index (χ1n) is 9.83. The lowest BCUT2D eigenvalue weighted by atomic mass is 10.2. The SMILES string of the molecule is CCN(CC)CCN(C(=O)c1ccc(Cl)cc1)c1nc2c(OC)ccc(OC)c2s1.Cl. The van der Waals surface area contributed by atoms with Crippen LogP contribution in [-0.4, -0.2) is 56.2 Å². The van der Waals surface area contributed by atoms with Crippen LogP contribution in [0.25, 0.3) is 10.2 Å². The number of fused-ring (bicyclic) bond motifs is 1. The third kappa shape index (κ3) is 5.60. The van der Waals surface area contributed by atoms with Crippen molar-refractivity contribution in [1.29, 1.82) is 0 Å². The Morgan fingerprint density at radius 3 is 2.19 bits per heavy atom. The molecule has 31 heavy (non-hydrogen) atoms. The summed E-state index contributed by atoms with van der Waals surface area (Å²) in [5.41, 5.74) is 1.26. The van der Waals surface area contributed by atoms with Crippen molar-refractivity contribution in [2.24, 2.45) is 0 Å². The molecule has 168 valence electrons. The van der Waals surface area contributed by atoms with Gasteiger partial charge in [-0.05, 0) is 49.5 Å². The zero-order valence-electron chi connectivity index (χ0n) is 18.1. The van der Waals surface area contributed by atoms with Gasteiger partial charge in [0, 0.05) is 23.7 Å². The number of benzene rings is 2. The first-order valence-corrected chi connectivity index (χ1v) is 11.0. The molecule has 6 nitrogen and oxygen atoms in total. The molecule has 1 aromatic heterocycles. The summed E-state index contributed by atoms with van der Waals surface area (Å²) in [7, 11) is 3.23. The normalized spacial score (nSPS) is 10.8. The first-order chi connectivity index (χ1) is 14.5. The zero-order valence-corrected chi connectivity index (χ0v) is 20.4. The van der Waals surface area contributed by atoms with Gasteiger partial charge in [0.2, 0.25) is 0 Å². The van der Waals surface area contributed by atoms with Gasteiger partial charge in [-0.3, -0.25) is 9.69 Å². The largest absolute Gasteiger partial charge is 0.495 e. The highest BCUT2D eigenvalue weighted by atomic mass is 35.5. The van der Waals surface area contributed by atoms with E-state index >= 15 is 0 Å². The number of likely N-dealkylation sites (N-methyl/N-ethyl adjacent to an activating group) is 1.